The number of hydrogen-bond acceptors (Lipinski definition) is 4. The van der Waals surface area contributed by atoms with Gasteiger partial charge in [0.25, 0.3) is 0 Å². The molecule has 9 aromatic rings. The maximum absolute atomic E-state index is 7.43. The zero-order chi connectivity index (χ0) is 57.4. The fraction of sp³-hybridized carbons (Fsp3) is 0.316. The molecule has 0 amide bonds. The van der Waals surface area contributed by atoms with Crippen molar-refractivity contribution in [1.82, 2.24) is 0 Å². The lowest BCUT2D eigenvalue weighted by atomic mass is 9.59. The summed E-state index contributed by atoms with van der Waals surface area (Å²) in [5.74, 6) is 1.00. The molecule has 4 nitrogen and oxygen atoms in total. The second kappa shape index (κ2) is 16.4. The molecule has 2 unspecified atom stereocenters. The van der Waals surface area contributed by atoms with Gasteiger partial charge >= 0.3 is 0 Å². The Bertz CT molecular complexity index is 4330. The van der Waals surface area contributed by atoms with E-state index in [1.165, 1.54) is 88.6 Å². The molecule has 3 aliphatic carbocycles. The van der Waals surface area contributed by atoms with E-state index in [-0.39, 0.29) is 44.5 Å². The Balaban J connectivity index is 0.948. The first-order chi connectivity index (χ1) is 38.8. The minimum absolute atomic E-state index is 0.00125. The van der Waals surface area contributed by atoms with Gasteiger partial charge in [0.15, 0.2) is 0 Å². The number of hydrogen-bond donors (Lipinski definition) is 0. The number of nitrogens with zero attached hydrogens (tertiary/aromatic N) is 2. The lowest BCUT2D eigenvalue weighted by Gasteiger charge is -2.44. The molecule has 0 saturated carbocycles. The number of fused-ring (bicyclic) bond motifs is 16. The van der Waals surface area contributed by atoms with Crippen molar-refractivity contribution in [3.63, 3.8) is 0 Å². The van der Waals surface area contributed by atoms with Crippen molar-refractivity contribution in [2.24, 2.45) is 10.8 Å². The van der Waals surface area contributed by atoms with Gasteiger partial charge in [-0.2, -0.15) is 0 Å². The van der Waals surface area contributed by atoms with E-state index in [1.54, 1.807) is 10.4 Å². The number of ether oxygens (including phenoxy) is 1. The molecule has 6 aliphatic rings. The maximum Gasteiger partial charge on any atom is 0.150 e. The average molecular weight is 1110 g/mol. The Labute approximate surface area is 488 Å². The summed E-state index contributed by atoms with van der Waals surface area (Å²) in [7, 11) is -5.08. The summed E-state index contributed by atoms with van der Waals surface area (Å²) in [6.07, 6.45) is 2.39. The fourth-order valence-electron chi connectivity index (χ4n) is 17.1. The summed E-state index contributed by atoms with van der Waals surface area (Å²) in [5, 5.41) is 8.48. The second-order valence-electron chi connectivity index (χ2n) is 29.3. The molecule has 0 radical (unpaired) electrons. The quantitative estimate of drug-likeness (QED) is 0.155. The van der Waals surface area contributed by atoms with Crippen molar-refractivity contribution in [3.8, 4) is 16.9 Å². The van der Waals surface area contributed by atoms with Crippen LogP contribution in [0.1, 0.15) is 122 Å². The Morgan fingerprint density at radius 1 is 0.463 bits per heavy atom. The van der Waals surface area contributed by atoms with Crippen molar-refractivity contribution in [2.45, 2.75) is 143 Å². The van der Waals surface area contributed by atoms with Crippen molar-refractivity contribution < 1.29 is 9.15 Å². The van der Waals surface area contributed by atoms with Crippen molar-refractivity contribution in [1.29, 1.82) is 0 Å². The van der Waals surface area contributed by atoms with Gasteiger partial charge in [0, 0.05) is 39.3 Å². The molecule has 8 aromatic carbocycles. The molecular formula is C76H78N2O2Si2. The van der Waals surface area contributed by atoms with E-state index in [0.717, 1.165) is 33.7 Å². The summed E-state index contributed by atoms with van der Waals surface area (Å²) in [6.45, 7) is 40.1. The molecule has 1 aromatic heterocycles. The minimum Gasteiger partial charge on any atom is -0.483 e. The average Bonchev–Trinajstić information content (AvgIpc) is 1.71. The number of rotatable bonds is 6. The third kappa shape index (κ3) is 6.23. The number of benzene rings is 8. The van der Waals surface area contributed by atoms with Gasteiger partial charge in [-0.05, 0) is 165 Å². The zero-order valence-corrected chi connectivity index (χ0v) is 53.0. The zero-order valence-electron chi connectivity index (χ0n) is 51.0. The van der Waals surface area contributed by atoms with Crippen molar-refractivity contribution in [3.05, 3.63) is 214 Å². The van der Waals surface area contributed by atoms with Crippen LogP contribution in [-0.2, 0) is 21.7 Å². The van der Waals surface area contributed by atoms with Crippen LogP contribution in [0.25, 0.3) is 38.6 Å². The van der Waals surface area contributed by atoms with Crippen LogP contribution in [0.2, 0.25) is 26.2 Å². The SMILES string of the molecule is CC1(C)c2ccc(N(C3=CC4=C(c5ccc6c(c5[Si]4(C)C)[Si](C)(C)c4cc(N(c5ccccc5)c5ccc7c(c5)C(C)(C)C(C)(C)C7(C)C)c5c(oc7ccccc75)c4-6)C4c5ccccc5OC34)c3ccccc3)cc2C(C)(C)C1(C)C. The molecule has 0 saturated heterocycles. The molecule has 4 heterocycles. The Hall–Kier alpha value is -7.13. The van der Waals surface area contributed by atoms with E-state index in [9.17, 15) is 0 Å². The summed E-state index contributed by atoms with van der Waals surface area (Å²) in [4.78, 5) is 5.12. The monoisotopic (exact) mass is 1110 g/mol. The lowest BCUT2D eigenvalue weighted by molar-refractivity contribution is 0.125. The molecular weight excluding hydrogens is 1030 g/mol. The Morgan fingerprint density at radius 2 is 0.976 bits per heavy atom. The van der Waals surface area contributed by atoms with Gasteiger partial charge in [-0.15, -0.1) is 0 Å². The highest BCUT2D eigenvalue weighted by Crippen LogP contribution is 2.65. The topological polar surface area (TPSA) is 28.9 Å². The highest BCUT2D eigenvalue weighted by atomic mass is 28.3. The number of anilines is 5. The highest BCUT2D eigenvalue weighted by Gasteiger charge is 2.60. The van der Waals surface area contributed by atoms with Crippen LogP contribution in [0.4, 0.5) is 28.4 Å². The van der Waals surface area contributed by atoms with Gasteiger partial charge < -0.3 is 19.0 Å². The van der Waals surface area contributed by atoms with Gasteiger partial charge in [-0.1, -0.05) is 206 Å². The molecule has 0 spiro atoms. The largest absolute Gasteiger partial charge is 0.483 e. The third-order valence-electron chi connectivity index (χ3n) is 24.0. The molecule has 6 heteroatoms. The van der Waals surface area contributed by atoms with Crippen molar-refractivity contribution in [2.75, 3.05) is 9.80 Å². The van der Waals surface area contributed by atoms with E-state index in [2.05, 4.69) is 289 Å². The molecule has 2 atom stereocenters. The Morgan fingerprint density at radius 3 is 1.60 bits per heavy atom. The van der Waals surface area contributed by atoms with Crippen LogP contribution < -0.4 is 30.1 Å². The van der Waals surface area contributed by atoms with Gasteiger partial charge in [0.2, 0.25) is 0 Å². The van der Waals surface area contributed by atoms with E-state index in [0.29, 0.717) is 0 Å². The molecule has 0 fully saturated rings. The standard InChI is InChI=1S/C76H78N2O2Si2/c1-71(2)53-39-35-47(41-55(53)73(5,6)75(71,9)10)77(45-27-19-17-20-28-45)57-43-62-65(68-63(57)49-31-23-25-33-59(49)80-68)52-38-37-51-64-61(81(13,14)69(51)70(52)82(62,15)16)44-58(67-66(64)50-32-24-26-34-60(50)79-67)78(46-29-21-18-22-30-46)48-36-40-54-56(42-48)74(7,8)76(11,12)72(54,3)4/h17-44,66-67H,1-16H3. The van der Waals surface area contributed by atoms with Gasteiger partial charge in [-0.25, -0.2) is 0 Å². The predicted molar refractivity (Wildman–Crippen MR) is 351 cm³/mol. The van der Waals surface area contributed by atoms with Crippen LogP contribution in [0.5, 0.6) is 5.75 Å². The van der Waals surface area contributed by atoms with Crippen molar-refractivity contribution >= 4 is 87.7 Å². The normalized spacial score (nSPS) is 22.1. The number of furan rings is 1. The van der Waals surface area contributed by atoms with Crippen LogP contribution in [0.3, 0.4) is 0 Å². The molecule has 412 valence electrons. The van der Waals surface area contributed by atoms with Crippen LogP contribution in [-0.4, -0.2) is 22.3 Å². The first-order valence-corrected chi connectivity index (χ1v) is 36.2. The summed E-state index contributed by atoms with van der Waals surface area (Å²) < 4.78 is 14.8. The van der Waals surface area contributed by atoms with E-state index >= 15 is 0 Å². The van der Waals surface area contributed by atoms with E-state index < -0.39 is 16.1 Å². The molecule has 3 aliphatic heterocycles. The summed E-state index contributed by atoms with van der Waals surface area (Å²) >= 11 is 0. The predicted octanol–water partition coefficient (Wildman–Crippen LogP) is 18.6. The van der Waals surface area contributed by atoms with E-state index in [1.807, 2.05) is 0 Å². The molecule has 15 rings (SSSR count). The van der Waals surface area contributed by atoms with Crippen LogP contribution in [0.15, 0.2) is 185 Å². The Kier molecular flexibility index (Phi) is 10.3. The smallest absolute Gasteiger partial charge is 0.150 e. The first kappa shape index (κ1) is 51.7. The third-order valence-corrected chi connectivity index (χ3v) is 31.3. The molecule has 0 N–H and O–H groups in total. The van der Waals surface area contributed by atoms with E-state index in [4.69, 9.17) is 9.15 Å². The molecule has 0 bridgehead atoms. The molecule has 82 heavy (non-hydrogen) atoms. The summed E-state index contributed by atoms with van der Waals surface area (Å²) in [5.41, 5.74) is 21.5. The lowest BCUT2D eigenvalue weighted by Crippen LogP contribution is -2.61. The first-order valence-electron chi connectivity index (χ1n) is 30.2. The maximum atomic E-state index is 7.43. The van der Waals surface area contributed by atoms with Gasteiger partial charge in [0.05, 0.1) is 22.7 Å². The number of allylic oxidation sites excluding steroid dienone is 2. The minimum atomic E-state index is -2.55. The number of para-hydroxylation sites is 4. The second-order valence-corrected chi connectivity index (χ2v) is 37.9. The van der Waals surface area contributed by atoms with Crippen LogP contribution in [0, 0.1) is 10.8 Å². The fourth-order valence-corrected chi connectivity index (χ4v) is 25.6. The van der Waals surface area contributed by atoms with Gasteiger partial charge in [0.1, 0.15) is 39.2 Å². The van der Waals surface area contributed by atoms with Crippen LogP contribution >= 0.6 is 0 Å². The van der Waals surface area contributed by atoms with Gasteiger partial charge in [-0.3, -0.25) is 0 Å². The summed E-state index contributed by atoms with van der Waals surface area (Å²) in [6, 6.07) is 62.3. The highest BCUT2D eigenvalue weighted by molar-refractivity contribution is 7.11.